The molecular weight excluding hydrogens is 344 g/mol. The van der Waals surface area contributed by atoms with Crippen LogP contribution in [0.3, 0.4) is 0 Å². The average Bonchev–Trinajstić information content (AvgIpc) is 3.12. The van der Waals surface area contributed by atoms with Gasteiger partial charge in [0.1, 0.15) is 6.61 Å². The fraction of sp³-hybridized carbons (Fsp3) is 0.300. The molecule has 1 aliphatic rings. The van der Waals surface area contributed by atoms with Gasteiger partial charge in [-0.25, -0.2) is 9.59 Å². The molecule has 0 radical (unpaired) electrons. The van der Waals surface area contributed by atoms with Crippen molar-refractivity contribution in [3.8, 4) is 0 Å². The van der Waals surface area contributed by atoms with E-state index in [0.29, 0.717) is 25.4 Å². The summed E-state index contributed by atoms with van der Waals surface area (Å²) in [6.45, 7) is 3.50. The molecule has 1 atom stereocenters. The molecule has 142 valence electrons. The first-order valence-electron chi connectivity index (χ1n) is 8.91. The SMILES string of the molecule is CC(CNC(=O)Nc1ccc(N2CCOC2=O)cc1)N(C)c1ccccc1. The molecule has 0 spiro atoms. The number of hydrogen-bond acceptors (Lipinski definition) is 4. The van der Waals surface area contributed by atoms with Crippen molar-refractivity contribution in [1.29, 1.82) is 0 Å². The molecule has 3 rings (SSSR count). The highest BCUT2D eigenvalue weighted by atomic mass is 16.6. The highest BCUT2D eigenvalue weighted by Crippen LogP contribution is 2.21. The predicted molar refractivity (Wildman–Crippen MR) is 106 cm³/mol. The highest BCUT2D eigenvalue weighted by Gasteiger charge is 2.23. The molecule has 3 amide bonds. The van der Waals surface area contributed by atoms with Gasteiger partial charge in [0.2, 0.25) is 0 Å². The molecule has 7 heteroatoms. The van der Waals surface area contributed by atoms with Gasteiger partial charge < -0.3 is 20.3 Å². The number of nitrogens with one attached hydrogen (secondary N) is 2. The van der Waals surface area contributed by atoms with Gasteiger partial charge in [-0.15, -0.1) is 0 Å². The van der Waals surface area contributed by atoms with Gasteiger partial charge in [-0.1, -0.05) is 18.2 Å². The van der Waals surface area contributed by atoms with E-state index in [9.17, 15) is 9.59 Å². The summed E-state index contributed by atoms with van der Waals surface area (Å²) < 4.78 is 4.92. The number of nitrogens with zero attached hydrogens (tertiary/aromatic N) is 2. The van der Waals surface area contributed by atoms with Gasteiger partial charge in [-0.3, -0.25) is 4.90 Å². The van der Waals surface area contributed by atoms with E-state index in [1.807, 2.05) is 37.4 Å². The van der Waals surface area contributed by atoms with E-state index in [4.69, 9.17) is 4.74 Å². The molecule has 1 heterocycles. The number of ether oxygens (including phenoxy) is 1. The Morgan fingerprint density at radius 1 is 1.19 bits per heavy atom. The van der Waals surface area contributed by atoms with E-state index >= 15 is 0 Å². The first-order valence-corrected chi connectivity index (χ1v) is 8.91. The smallest absolute Gasteiger partial charge is 0.414 e. The number of benzene rings is 2. The number of carbonyl (C=O) groups is 2. The largest absolute Gasteiger partial charge is 0.447 e. The summed E-state index contributed by atoms with van der Waals surface area (Å²) in [5.41, 5.74) is 2.51. The molecule has 2 aromatic carbocycles. The van der Waals surface area contributed by atoms with E-state index in [2.05, 4.69) is 22.5 Å². The minimum absolute atomic E-state index is 0.140. The summed E-state index contributed by atoms with van der Waals surface area (Å²) >= 11 is 0. The van der Waals surface area contributed by atoms with Crippen LogP contribution in [0.25, 0.3) is 0 Å². The topological polar surface area (TPSA) is 73.9 Å². The van der Waals surface area contributed by atoms with Crippen molar-refractivity contribution >= 4 is 29.2 Å². The summed E-state index contributed by atoms with van der Waals surface area (Å²) in [5, 5.41) is 5.68. The van der Waals surface area contributed by atoms with Crippen molar-refractivity contribution < 1.29 is 14.3 Å². The van der Waals surface area contributed by atoms with Crippen molar-refractivity contribution in [3.63, 3.8) is 0 Å². The van der Waals surface area contributed by atoms with Gasteiger partial charge in [0.15, 0.2) is 0 Å². The first kappa shape index (κ1) is 18.6. The van der Waals surface area contributed by atoms with E-state index < -0.39 is 0 Å². The van der Waals surface area contributed by atoms with Gasteiger partial charge >= 0.3 is 12.1 Å². The maximum absolute atomic E-state index is 12.1. The molecule has 2 aromatic rings. The summed E-state index contributed by atoms with van der Waals surface area (Å²) in [6.07, 6.45) is -0.343. The van der Waals surface area contributed by atoms with Crippen molar-refractivity contribution in [2.75, 3.05) is 41.9 Å². The molecule has 1 saturated heterocycles. The second-order valence-electron chi connectivity index (χ2n) is 6.44. The predicted octanol–water partition coefficient (Wildman–Crippen LogP) is 3.29. The van der Waals surface area contributed by atoms with Gasteiger partial charge in [-0.2, -0.15) is 0 Å². The van der Waals surface area contributed by atoms with Crippen LogP contribution in [0.5, 0.6) is 0 Å². The Hall–Kier alpha value is -3.22. The summed E-state index contributed by atoms with van der Waals surface area (Å²) in [5.74, 6) is 0. The average molecular weight is 368 g/mol. The number of anilines is 3. The summed E-state index contributed by atoms with van der Waals surface area (Å²) in [4.78, 5) is 27.4. The molecule has 1 aliphatic heterocycles. The maximum atomic E-state index is 12.1. The zero-order valence-corrected chi connectivity index (χ0v) is 15.5. The van der Waals surface area contributed by atoms with Gasteiger partial charge in [0.25, 0.3) is 0 Å². The van der Waals surface area contributed by atoms with E-state index in [-0.39, 0.29) is 18.2 Å². The Morgan fingerprint density at radius 3 is 2.52 bits per heavy atom. The fourth-order valence-corrected chi connectivity index (χ4v) is 2.82. The van der Waals surface area contributed by atoms with Crippen LogP contribution in [0.1, 0.15) is 6.92 Å². The zero-order chi connectivity index (χ0) is 19.2. The van der Waals surface area contributed by atoms with E-state index in [1.165, 1.54) is 0 Å². The number of para-hydroxylation sites is 1. The number of likely N-dealkylation sites (N-methyl/N-ethyl adjacent to an activating group) is 1. The second-order valence-corrected chi connectivity index (χ2v) is 6.44. The van der Waals surface area contributed by atoms with Crippen molar-refractivity contribution in [3.05, 3.63) is 54.6 Å². The molecular formula is C20H24N4O3. The van der Waals surface area contributed by atoms with E-state index in [0.717, 1.165) is 11.4 Å². The van der Waals surface area contributed by atoms with Gasteiger partial charge in [0, 0.05) is 36.7 Å². The molecule has 0 bridgehead atoms. The molecule has 27 heavy (non-hydrogen) atoms. The lowest BCUT2D eigenvalue weighted by Gasteiger charge is -2.27. The molecule has 0 aliphatic carbocycles. The van der Waals surface area contributed by atoms with Crippen LogP contribution in [0, 0.1) is 0 Å². The second kappa shape index (κ2) is 8.44. The molecule has 2 N–H and O–H groups in total. The standard InChI is InChI=1S/C20H24N4O3/c1-15(23(2)17-6-4-3-5-7-17)14-21-19(25)22-16-8-10-18(11-9-16)24-12-13-27-20(24)26/h3-11,15H,12-14H2,1-2H3,(H2,21,22,25). The van der Waals surface area contributed by atoms with Crippen molar-refractivity contribution in [2.24, 2.45) is 0 Å². The number of hydrogen-bond donors (Lipinski definition) is 2. The fourth-order valence-electron chi connectivity index (χ4n) is 2.82. The van der Waals surface area contributed by atoms with E-state index in [1.54, 1.807) is 29.2 Å². The monoisotopic (exact) mass is 368 g/mol. The van der Waals surface area contributed by atoms with Gasteiger partial charge in [0.05, 0.1) is 6.54 Å². The lowest BCUT2D eigenvalue weighted by molar-refractivity contribution is 0.181. The minimum Gasteiger partial charge on any atom is -0.447 e. The molecule has 0 aromatic heterocycles. The number of rotatable bonds is 6. The third kappa shape index (κ3) is 4.69. The normalized spacial score (nSPS) is 14.4. The summed E-state index contributed by atoms with van der Waals surface area (Å²) in [6, 6.07) is 17.0. The van der Waals surface area contributed by atoms with Crippen LogP contribution < -0.4 is 20.4 Å². The Morgan fingerprint density at radius 2 is 1.89 bits per heavy atom. The van der Waals surface area contributed by atoms with Crippen LogP contribution in [0.4, 0.5) is 26.7 Å². The van der Waals surface area contributed by atoms with Crippen LogP contribution in [0.15, 0.2) is 54.6 Å². The quantitative estimate of drug-likeness (QED) is 0.821. The Bertz CT molecular complexity index is 780. The third-order valence-electron chi connectivity index (χ3n) is 4.58. The zero-order valence-electron chi connectivity index (χ0n) is 15.5. The molecule has 1 fully saturated rings. The lowest BCUT2D eigenvalue weighted by atomic mass is 10.2. The number of urea groups is 1. The maximum Gasteiger partial charge on any atom is 0.414 e. The van der Waals surface area contributed by atoms with Crippen LogP contribution in [-0.2, 0) is 4.74 Å². The number of carbonyl (C=O) groups excluding carboxylic acids is 2. The van der Waals surface area contributed by atoms with Crippen molar-refractivity contribution in [1.82, 2.24) is 5.32 Å². The Balaban J connectivity index is 1.48. The number of cyclic esters (lactones) is 1. The van der Waals surface area contributed by atoms with Crippen molar-refractivity contribution in [2.45, 2.75) is 13.0 Å². The highest BCUT2D eigenvalue weighted by molar-refractivity contribution is 5.91. The summed E-state index contributed by atoms with van der Waals surface area (Å²) in [7, 11) is 2.00. The third-order valence-corrected chi connectivity index (χ3v) is 4.58. The first-order chi connectivity index (χ1) is 13.0. The van der Waals surface area contributed by atoms with Crippen LogP contribution in [-0.4, -0.2) is 44.9 Å². The molecule has 1 unspecified atom stereocenters. The molecule has 0 saturated carbocycles. The number of amides is 3. The Labute approximate surface area is 158 Å². The van der Waals surface area contributed by atoms with Gasteiger partial charge in [-0.05, 0) is 43.3 Å². The van der Waals surface area contributed by atoms with Crippen LogP contribution in [0.2, 0.25) is 0 Å². The Kier molecular flexibility index (Phi) is 5.80. The lowest BCUT2D eigenvalue weighted by Crippen LogP contribution is -2.41. The minimum atomic E-state index is -0.343. The molecule has 7 nitrogen and oxygen atoms in total. The van der Waals surface area contributed by atoms with Crippen LogP contribution >= 0.6 is 0 Å².